The number of nitrogens with zero attached hydrogens (tertiary/aromatic N) is 2. The zero-order chi connectivity index (χ0) is 18.5. The molecule has 0 amide bonds. The molecule has 3 atom stereocenters. The van der Waals surface area contributed by atoms with E-state index in [-0.39, 0.29) is 0 Å². The summed E-state index contributed by atoms with van der Waals surface area (Å²) in [5.74, 6) is 0.728. The van der Waals surface area contributed by atoms with Gasteiger partial charge in [0.15, 0.2) is 0 Å². The van der Waals surface area contributed by atoms with Gasteiger partial charge in [-0.05, 0) is 36.1 Å². The van der Waals surface area contributed by atoms with Gasteiger partial charge in [-0.25, -0.2) is 9.97 Å². The molecule has 1 aliphatic rings. The van der Waals surface area contributed by atoms with Gasteiger partial charge < -0.3 is 5.32 Å². The van der Waals surface area contributed by atoms with Gasteiger partial charge in [0.05, 0.1) is 5.52 Å². The summed E-state index contributed by atoms with van der Waals surface area (Å²) in [6, 6.07) is 17.6. The van der Waals surface area contributed by atoms with Crippen molar-refractivity contribution < 1.29 is 0 Å². The van der Waals surface area contributed by atoms with Crippen molar-refractivity contribution in [3.63, 3.8) is 0 Å². The number of fused-ring (bicyclic) bond motifs is 1. The Kier molecular flexibility index (Phi) is 5.96. The maximum absolute atomic E-state index is 4.77. The van der Waals surface area contributed by atoms with Crippen molar-refractivity contribution in [3.05, 3.63) is 54.7 Å². The Bertz CT molecular complexity index is 884. The van der Waals surface area contributed by atoms with Crippen LogP contribution in [0.15, 0.2) is 54.7 Å². The monoisotopic (exact) mass is 378 g/mol. The molecule has 0 radical (unpaired) electrons. The van der Waals surface area contributed by atoms with Crippen LogP contribution >= 0.6 is 9.39 Å². The van der Waals surface area contributed by atoms with Crippen LogP contribution in [-0.4, -0.2) is 22.1 Å². The maximum atomic E-state index is 4.77. The van der Waals surface area contributed by atoms with Gasteiger partial charge in [0.1, 0.15) is 0 Å². The van der Waals surface area contributed by atoms with Crippen molar-refractivity contribution in [2.75, 3.05) is 5.32 Å². The van der Waals surface area contributed by atoms with E-state index in [1.165, 1.54) is 43.2 Å². The Morgan fingerprint density at radius 3 is 2.41 bits per heavy atom. The summed E-state index contributed by atoms with van der Waals surface area (Å²) in [5.41, 5.74) is 3.39. The molecule has 1 saturated carbocycles. The minimum Gasteiger partial charge on any atom is -0.350 e. The molecule has 0 saturated heterocycles. The lowest BCUT2D eigenvalue weighted by molar-refractivity contribution is 0.404. The Morgan fingerprint density at radius 2 is 1.63 bits per heavy atom. The van der Waals surface area contributed by atoms with E-state index >= 15 is 0 Å². The van der Waals surface area contributed by atoms with E-state index in [2.05, 4.69) is 67.2 Å². The molecule has 5 heteroatoms. The Labute approximate surface area is 163 Å². The van der Waals surface area contributed by atoms with Gasteiger partial charge in [0.2, 0.25) is 5.95 Å². The van der Waals surface area contributed by atoms with Crippen LogP contribution in [0.5, 0.6) is 0 Å². The number of anilines is 1. The fourth-order valence-electron chi connectivity index (χ4n) is 3.94. The Morgan fingerprint density at radius 1 is 0.852 bits per heavy atom. The first-order valence-electron chi connectivity index (χ1n) is 9.88. The molecular weight excluding hydrogens is 351 g/mol. The number of nitrogens with one attached hydrogen (secondary N) is 2. The lowest BCUT2D eigenvalue weighted by Crippen LogP contribution is -2.41. The minimum absolute atomic E-state index is 0.365. The fraction of sp³-hybridized carbons (Fsp3) is 0.364. The third-order valence-corrected chi connectivity index (χ3v) is 5.91. The van der Waals surface area contributed by atoms with E-state index in [1.807, 2.05) is 12.3 Å². The van der Waals surface area contributed by atoms with Crippen molar-refractivity contribution in [1.29, 1.82) is 0 Å². The molecular formula is C22H27N4P. The van der Waals surface area contributed by atoms with Crippen molar-refractivity contribution in [2.24, 2.45) is 0 Å². The summed E-state index contributed by atoms with van der Waals surface area (Å²) >= 11 is 0. The predicted octanol–water partition coefficient (Wildman–Crippen LogP) is 5.18. The first-order valence-corrected chi connectivity index (χ1v) is 10.5. The summed E-state index contributed by atoms with van der Waals surface area (Å²) in [6.45, 7) is 0. The van der Waals surface area contributed by atoms with E-state index in [1.54, 1.807) is 0 Å². The van der Waals surface area contributed by atoms with Crippen LogP contribution in [0.4, 0.5) is 5.95 Å². The van der Waals surface area contributed by atoms with Crippen LogP contribution in [0, 0.1) is 0 Å². The summed E-state index contributed by atoms with van der Waals surface area (Å²) in [7, 11) is 2.69. The van der Waals surface area contributed by atoms with Gasteiger partial charge in [-0.1, -0.05) is 71.5 Å². The van der Waals surface area contributed by atoms with Gasteiger partial charge in [-0.3, -0.25) is 5.09 Å². The molecule has 27 heavy (non-hydrogen) atoms. The number of hydrogen-bond acceptors (Lipinski definition) is 4. The summed E-state index contributed by atoms with van der Waals surface area (Å²) in [4.78, 5) is 9.37. The Hall–Kier alpha value is -2.03. The topological polar surface area (TPSA) is 49.8 Å². The van der Waals surface area contributed by atoms with Gasteiger partial charge in [-0.2, -0.15) is 0 Å². The smallest absolute Gasteiger partial charge is 0.223 e. The summed E-state index contributed by atoms with van der Waals surface area (Å²) in [6.07, 6.45) is 9.48. The second-order valence-electron chi connectivity index (χ2n) is 7.35. The third-order valence-electron chi connectivity index (χ3n) is 5.48. The second kappa shape index (κ2) is 8.77. The zero-order valence-corrected chi connectivity index (χ0v) is 16.7. The first kappa shape index (κ1) is 18.3. The highest BCUT2D eigenvalue weighted by molar-refractivity contribution is 7.13. The first-order chi connectivity index (χ1) is 13.3. The zero-order valence-electron chi connectivity index (χ0n) is 15.6. The maximum Gasteiger partial charge on any atom is 0.223 e. The largest absolute Gasteiger partial charge is 0.350 e. The van der Waals surface area contributed by atoms with Crippen LogP contribution in [-0.2, 0) is 0 Å². The average Bonchev–Trinajstić information content (AvgIpc) is 2.70. The van der Waals surface area contributed by atoms with Gasteiger partial charge in [-0.15, -0.1) is 0 Å². The van der Waals surface area contributed by atoms with Crippen molar-refractivity contribution in [2.45, 2.75) is 50.6 Å². The molecule has 1 heterocycles. The molecule has 2 unspecified atom stereocenters. The van der Waals surface area contributed by atoms with Gasteiger partial charge >= 0.3 is 0 Å². The number of hydrogen-bond donors (Lipinski definition) is 2. The fourth-order valence-corrected chi connectivity index (χ4v) is 4.33. The number of benzene rings is 2. The van der Waals surface area contributed by atoms with E-state index in [0.717, 1.165) is 23.3 Å². The highest BCUT2D eigenvalue weighted by Gasteiger charge is 2.22. The molecule has 4 nitrogen and oxygen atoms in total. The molecule has 0 spiro atoms. The Balaban J connectivity index is 1.56. The molecule has 140 valence electrons. The van der Waals surface area contributed by atoms with Crippen LogP contribution in [0.1, 0.15) is 38.5 Å². The second-order valence-corrected chi connectivity index (χ2v) is 7.68. The molecule has 4 rings (SSSR count). The average molecular weight is 378 g/mol. The van der Waals surface area contributed by atoms with Crippen molar-refractivity contribution in [1.82, 2.24) is 15.1 Å². The normalized spacial score (nSPS) is 20.8. The van der Waals surface area contributed by atoms with Gasteiger partial charge in [0, 0.05) is 23.7 Å². The van der Waals surface area contributed by atoms with Crippen molar-refractivity contribution in [3.8, 4) is 11.1 Å². The number of rotatable bonds is 4. The molecule has 2 aromatic carbocycles. The van der Waals surface area contributed by atoms with Crippen LogP contribution < -0.4 is 10.4 Å². The standard InChI is InChI=1S/C22H27N4P/c27-26-21-11-7-2-1-6-10-20(21)25-22-23-15-18-14-17(12-13-19(18)24-22)16-8-4-3-5-9-16/h3-5,8-9,12-15,20-21,26H,1-2,6-7,10-11,27H2,(H,23,24,25)/t20?,21-/m1/s1. The van der Waals surface area contributed by atoms with E-state index in [0.29, 0.717) is 12.1 Å². The molecule has 0 bridgehead atoms. The van der Waals surface area contributed by atoms with Crippen LogP contribution in [0.25, 0.3) is 22.0 Å². The minimum atomic E-state index is 0.365. The summed E-state index contributed by atoms with van der Waals surface area (Å²) < 4.78 is 0. The van der Waals surface area contributed by atoms with E-state index in [4.69, 9.17) is 4.98 Å². The molecule has 0 aliphatic heterocycles. The lowest BCUT2D eigenvalue weighted by atomic mass is 9.93. The molecule has 2 N–H and O–H groups in total. The SMILES string of the molecule is PN[C@@H]1CCCCCCC1Nc1ncc2cc(-c3ccccc3)ccc2n1. The summed E-state index contributed by atoms with van der Waals surface area (Å²) in [5, 5.41) is 8.06. The molecule has 3 aromatic rings. The lowest BCUT2D eigenvalue weighted by Gasteiger charge is -2.29. The highest BCUT2D eigenvalue weighted by atomic mass is 31.0. The molecule has 1 fully saturated rings. The molecule has 1 aromatic heterocycles. The van der Waals surface area contributed by atoms with Crippen molar-refractivity contribution >= 4 is 26.2 Å². The third kappa shape index (κ3) is 4.45. The number of aromatic nitrogens is 2. The van der Waals surface area contributed by atoms with Crippen LogP contribution in [0.3, 0.4) is 0 Å². The predicted molar refractivity (Wildman–Crippen MR) is 117 cm³/mol. The quantitative estimate of drug-likeness (QED) is 0.614. The van der Waals surface area contributed by atoms with E-state index < -0.39 is 0 Å². The van der Waals surface area contributed by atoms with E-state index in [9.17, 15) is 0 Å². The van der Waals surface area contributed by atoms with Crippen LogP contribution in [0.2, 0.25) is 0 Å². The molecule has 1 aliphatic carbocycles. The van der Waals surface area contributed by atoms with Gasteiger partial charge in [0.25, 0.3) is 0 Å². The highest BCUT2D eigenvalue weighted by Crippen LogP contribution is 2.25.